The zero-order valence-electron chi connectivity index (χ0n) is 9.57. The Hall–Kier alpha value is -1.55. The normalized spacial score (nSPS) is 10.2. The van der Waals surface area contributed by atoms with Crippen LogP contribution in [0.15, 0.2) is 35.0 Å². The Bertz CT molecular complexity index is 470. The van der Waals surface area contributed by atoms with Crippen molar-refractivity contribution >= 4 is 17.0 Å². The molecule has 2 aromatic rings. The molecule has 17 heavy (non-hydrogen) atoms. The van der Waals surface area contributed by atoms with Crippen molar-refractivity contribution in [1.82, 2.24) is 0 Å². The quantitative estimate of drug-likeness (QED) is 0.877. The molecule has 90 valence electrons. The number of hydrogen-bond acceptors (Lipinski definition) is 3. The Morgan fingerprint density at radius 2 is 2.24 bits per heavy atom. The van der Waals surface area contributed by atoms with E-state index in [1.54, 1.807) is 17.4 Å². The summed E-state index contributed by atoms with van der Waals surface area (Å²) in [5.74, 6) is -0.0681. The van der Waals surface area contributed by atoms with Gasteiger partial charge in [-0.05, 0) is 40.9 Å². The van der Waals surface area contributed by atoms with E-state index >= 15 is 0 Å². The highest BCUT2D eigenvalue weighted by molar-refractivity contribution is 7.07. The first-order valence-electron chi connectivity index (χ1n) is 5.38. The second-order valence-corrected chi connectivity index (χ2v) is 4.44. The lowest BCUT2D eigenvalue weighted by molar-refractivity contribution is 0.386. The summed E-state index contributed by atoms with van der Waals surface area (Å²) in [7, 11) is 1.46. The molecule has 0 spiro atoms. The van der Waals surface area contributed by atoms with Crippen molar-refractivity contribution in [1.29, 1.82) is 0 Å². The number of hydrogen-bond donors (Lipinski definition) is 1. The number of ether oxygens (including phenoxy) is 1. The van der Waals surface area contributed by atoms with Gasteiger partial charge in [-0.1, -0.05) is 0 Å². The molecule has 1 aromatic heterocycles. The third-order valence-electron chi connectivity index (χ3n) is 2.47. The second-order valence-electron chi connectivity index (χ2n) is 3.66. The number of thiophene rings is 1. The fourth-order valence-corrected chi connectivity index (χ4v) is 2.27. The van der Waals surface area contributed by atoms with E-state index in [-0.39, 0.29) is 11.6 Å². The zero-order valence-corrected chi connectivity index (χ0v) is 10.4. The van der Waals surface area contributed by atoms with Gasteiger partial charge in [0.05, 0.1) is 7.11 Å². The van der Waals surface area contributed by atoms with Crippen molar-refractivity contribution in [2.75, 3.05) is 19.0 Å². The van der Waals surface area contributed by atoms with Crippen LogP contribution in [-0.2, 0) is 6.42 Å². The lowest BCUT2D eigenvalue weighted by Crippen LogP contribution is -2.04. The van der Waals surface area contributed by atoms with Crippen LogP contribution < -0.4 is 10.1 Å². The molecule has 2 rings (SSSR count). The van der Waals surface area contributed by atoms with E-state index in [0.29, 0.717) is 0 Å². The summed E-state index contributed by atoms with van der Waals surface area (Å²) in [5, 5.41) is 7.36. The minimum absolute atomic E-state index is 0.272. The first-order chi connectivity index (χ1) is 8.29. The molecule has 4 heteroatoms. The first-order valence-corrected chi connectivity index (χ1v) is 6.32. The van der Waals surface area contributed by atoms with Gasteiger partial charge < -0.3 is 10.1 Å². The fourth-order valence-electron chi connectivity index (χ4n) is 1.56. The van der Waals surface area contributed by atoms with Crippen LogP contribution in [0, 0.1) is 5.82 Å². The van der Waals surface area contributed by atoms with Crippen molar-refractivity contribution < 1.29 is 9.13 Å². The highest BCUT2D eigenvalue weighted by atomic mass is 32.1. The first kappa shape index (κ1) is 11.9. The maximum atomic E-state index is 13.4. The van der Waals surface area contributed by atoms with Crippen LogP contribution in [0.2, 0.25) is 0 Å². The predicted octanol–water partition coefficient (Wildman–Crippen LogP) is 3.55. The van der Waals surface area contributed by atoms with Gasteiger partial charge in [0.15, 0.2) is 11.6 Å². The summed E-state index contributed by atoms with van der Waals surface area (Å²) in [4.78, 5) is 0. The Kier molecular flexibility index (Phi) is 3.98. The molecule has 0 saturated heterocycles. The van der Waals surface area contributed by atoms with E-state index in [4.69, 9.17) is 4.74 Å². The van der Waals surface area contributed by atoms with E-state index in [9.17, 15) is 4.39 Å². The smallest absolute Gasteiger partial charge is 0.167 e. The highest BCUT2D eigenvalue weighted by Gasteiger charge is 2.02. The summed E-state index contributed by atoms with van der Waals surface area (Å²) >= 11 is 1.69. The average molecular weight is 251 g/mol. The van der Waals surface area contributed by atoms with Crippen molar-refractivity contribution in [2.24, 2.45) is 0 Å². The molecule has 0 fully saturated rings. The fraction of sp³-hybridized carbons (Fsp3) is 0.231. The van der Waals surface area contributed by atoms with E-state index in [2.05, 4.69) is 22.1 Å². The Morgan fingerprint density at radius 3 is 2.88 bits per heavy atom. The summed E-state index contributed by atoms with van der Waals surface area (Å²) in [6.45, 7) is 0.794. The van der Waals surface area contributed by atoms with Gasteiger partial charge in [0.1, 0.15) is 0 Å². The van der Waals surface area contributed by atoms with E-state index < -0.39 is 0 Å². The maximum Gasteiger partial charge on any atom is 0.167 e. The molecule has 0 aliphatic rings. The van der Waals surface area contributed by atoms with Crippen LogP contribution in [0.5, 0.6) is 5.75 Å². The third-order valence-corrected chi connectivity index (χ3v) is 3.21. The van der Waals surface area contributed by atoms with Crippen molar-refractivity contribution in [2.45, 2.75) is 6.42 Å². The SMILES string of the molecule is COc1ccc(NCCc2ccsc2)cc1F. The zero-order chi connectivity index (χ0) is 12.1. The summed E-state index contributed by atoms with van der Waals surface area (Å²) in [6.07, 6.45) is 0.942. The number of methoxy groups -OCH3 is 1. The Balaban J connectivity index is 1.89. The molecule has 0 unspecified atom stereocenters. The molecule has 1 heterocycles. The van der Waals surface area contributed by atoms with Gasteiger partial charge in [-0.2, -0.15) is 11.3 Å². The molecule has 0 amide bonds. The second kappa shape index (κ2) is 5.68. The summed E-state index contributed by atoms with van der Waals surface area (Å²) < 4.78 is 18.2. The number of nitrogens with one attached hydrogen (secondary N) is 1. The van der Waals surface area contributed by atoms with Crippen molar-refractivity contribution in [3.63, 3.8) is 0 Å². The molecule has 1 aromatic carbocycles. The van der Waals surface area contributed by atoms with Crippen LogP contribution in [0.3, 0.4) is 0 Å². The number of halogens is 1. The Labute approximate surface area is 104 Å². The average Bonchev–Trinajstić information content (AvgIpc) is 2.82. The largest absolute Gasteiger partial charge is 0.494 e. The van der Waals surface area contributed by atoms with Crippen LogP contribution in [0.25, 0.3) is 0 Å². The molecular formula is C13H14FNOS. The van der Waals surface area contributed by atoms with Crippen LogP contribution in [0.4, 0.5) is 10.1 Å². The van der Waals surface area contributed by atoms with Crippen LogP contribution in [0.1, 0.15) is 5.56 Å². The molecule has 0 bridgehead atoms. The molecule has 2 nitrogen and oxygen atoms in total. The molecule has 0 aliphatic heterocycles. The number of rotatable bonds is 5. The minimum Gasteiger partial charge on any atom is -0.494 e. The van der Waals surface area contributed by atoms with Crippen molar-refractivity contribution in [3.8, 4) is 5.75 Å². The minimum atomic E-state index is -0.340. The molecule has 0 radical (unpaired) electrons. The van der Waals surface area contributed by atoms with Crippen LogP contribution >= 0.6 is 11.3 Å². The third kappa shape index (κ3) is 3.20. The van der Waals surface area contributed by atoms with E-state index in [1.807, 2.05) is 6.07 Å². The summed E-state index contributed by atoms with van der Waals surface area (Å²) in [5.41, 5.74) is 2.08. The lowest BCUT2D eigenvalue weighted by Gasteiger charge is -2.07. The predicted molar refractivity (Wildman–Crippen MR) is 69.5 cm³/mol. The van der Waals surface area contributed by atoms with Crippen LogP contribution in [-0.4, -0.2) is 13.7 Å². The standard InChI is InChI=1S/C13H14FNOS/c1-16-13-3-2-11(8-12(13)14)15-6-4-10-5-7-17-9-10/h2-3,5,7-9,15H,4,6H2,1H3. The van der Waals surface area contributed by atoms with Gasteiger partial charge in [-0.15, -0.1) is 0 Å². The van der Waals surface area contributed by atoms with Gasteiger partial charge in [-0.25, -0.2) is 4.39 Å². The highest BCUT2D eigenvalue weighted by Crippen LogP contribution is 2.20. The van der Waals surface area contributed by atoms with Gasteiger partial charge in [-0.3, -0.25) is 0 Å². The van der Waals surface area contributed by atoms with Gasteiger partial charge in [0.2, 0.25) is 0 Å². The molecule has 1 N–H and O–H groups in total. The van der Waals surface area contributed by atoms with Crippen molar-refractivity contribution in [3.05, 3.63) is 46.4 Å². The summed E-state index contributed by atoms with van der Waals surface area (Å²) in [6, 6.07) is 6.99. The van der Waals surface area contributed by atoms with E-state index in [1.165, 1.54) is 18.7 Å². The number of benzene rings is 1. The molecular weight excluding hydrogens is 237 g/mol. The Morgan fingerprint density at radius 1 is 1.35 bits per heavy atom. The maximum absolute atomic E-state index is 13.4. The van der Waals surface area contributed by atoms with Gasteiger partial charge >= 0.3 is 0 Å². The lowest BCUT2D eigenvalue weighted by atomic mass is 10.2. The number of anilines is 1. The monoisotopic (exact) mass is 251 g/mol. The van der Waals surface area contributed by atoms with Gasteiger partial charge in [0, 0.05) is 18.3 Å². The van der Waals surface area contributed by atoms with Gasteiger partial charge in [0.25, 0.3) is 0 Å². The van der Waals surface area contributed by atoms with E-state index in [0.717, 1.165) is 18.7 Å². The molecule has 0 aliphatic carbocycles. The molecule has 0 saturated carbocycles. The molecule has 0 atom stereocenters. The topological polar surface area (TPSA) is 21.3 Å².